The Kier molecular flexibility index (Phi) is 7.96. The Morgan fingerprint density at radius 2 is 1.64 bits per heavy atom. The van der Waals surface area contributed by atoms with Crippen LogP contribution in [0.2, 0.25) is 0 Å². The smallest absolute Gasteiger partial charge is 0.326 e. The lowest BCUT2D eigenvalue weighted by Crippen LogP contribution is -2.53. The molecule has 0 radical (unpaired) electrons. The number of carbonyl (C=O) groups excluding carboxylic acids is 2. The summed E-state index contributed by atoms with van der Waals surface area (Å²) in [7, 11) is 0. The largest absolute Gasteiger partial charge is 0.488 e. The molecule has 0 aromatic heterocycles. The minimum Gasteiger partial charge on any atom is -0.488 e. The van der Waals surface area contributed by atoms with Gasteiger partial charge in [-0.1, -0.05) is 85.6 Å². The second-order valence-corrected chi connectivity index (χ2v) is 10.5. The first-order valence-electron chi connectivity index (χ1n) is 13.6. The van der Waals surface area contributed by atoms with Crippen LogP contribution in [0.25, 0.3) is 0 Å². The molecule has 2 atom stereocenters. The van der Waals surface area contributed by atoms with E-state index in [1.165, 1.54) is 4.90 Å². The molecular weight excluding hydrogens is 492 g/mol. The van der Waals surface area contributed by atoms with Gasteiger partial charge in [0.25, 0.3) is 5.91 Å². The number of rotatable bonds is 8. The summed E-state index contributed by atoms with van der Waals surface area (Å²) >= 11 is 0. The number of hydrogen-bond donors (Lipinski definition) is 2. The van der Waals surface area contributed by atoms with Crippen molar-refractivity contribution in [3.8, 4) is 5.75 Å². The van der Waals surface area contributed by atoms with Crippen LogP contribution >= 0.6 is 0 Å². The number of carboxylic acids is 1. The Morgan fingerprint density at radius 3 is 2.31 bits per heavy atom. The highest BCUT2D eigenvalue weighted by molar-refractivity contribution is 5.92. The average Bonchev–Trinajstić information content (AvgIpc) is 3.51. The van der Waals surface area contributed by atoms with Crippen LogP contribution in [0.15, 0.2) is 72.8 Å². The zero-order valence-electron chi connectivity index (χ0n) is 22.1. The van der Waals surface area contributed by atoms with Crippen LogP contribution in [0, 0.1) is 12.8 Å². The molecule has 1 fully saturated rings. The lowest BCUT2D eigenvalue weighted by atomic mass is 9.90. The van der Waals surface area contributed by atoms with Crippen LogP contribution in [0.5, 0.6) is 5.75 Å². The number of nitrogens with zero attached hydrogens (tertiary/aromatic N) is 1. The van der Waals surface area contributed by atoms with E-state index in [0.29, 0.717) is 17.9 Å². The number of aryl methyl sites for hydroxylation is 1. The Bertz CT molecular complexity index is 1340. The van der Waals surface area contributed by atoms with Crippen LogP contribution in [0.1, 0.15) is 59.5 Å². The van der Waals surface area contributed by atoms with E-state index in [1.807, 2.05) is 67.6 Å². The number of carbonyl (C=O) groups is 3. The lowest BCUT2D eigenvalue weighted by molar-refractivity contribution is -0.153. The van der Waals surface area contributed by atoms with Crippen LogP contribution in [0.3, 0.4) is 0 Å². The molecule has 1 aliphatic carbocycles. The molecule has 2 N–H and O–H groups in total. The maximum atomic E-state index is 14.1. The maximum Gasteiger partial charge on any atom is 0.326 e. The molecule has 39 heavy (non-hydrogen) atoms. The first kappa shape index (κ1) is 26.5. The normalized spacial score (nSPS) is 17.8. The third-order valence-electron chi connectivity index (χ3n) is 7.86. The molecule has 0 saturated heterocycles. The fraction of sp³-hybridized carbons (Fsp3) is 0.344. The van der Waals surface area contributed by atoms with Crippen molar-refractivity contribution in [2.24, 2.45) is 5.92 Å². The molecule has 3 aromatic carbocycles. The van der Waals surface area contributed by atoms with Gasteiger partial charge in [-0.15, -0.1) is 0 Å². The fourth-order valence-corrected chi connectivity index (χ4v) is 5.68. The predicted octanol–water partition coefficient (Wildman–Crippen LogP) is 4.96. The van der Waals surface area contributed by atoms with Gasteiger partial charge in [0, 0.05) is 24.4 Å². The van der Waals surface area contributed by atoms with E-state index in [9.17, 15) is 19.5 Å². The van der Waals surface area contributed by atoms with E-state index >= 15 is 0 Å². The van der Waals surface area contributed by atoms with Gasteiger partial charge in [0.2, 0.25) is 5.91 Å². The van der Waals surface area contributed by atoms with Crippen molar-refractivity contribution >= 4 is 17.8 Å². The topological polar surface area (TPSA) is 95.9 Å². The van der Waals surface area contributed by atoms with E-state index in [1.54, 1.807) is 12.1 Å². The third kappa shape index (κ3) is 5.82. The molecule has 7 heteroatoms. The van der Waals surface area contributed by atoms with Gasteiger partial charge < -0.3 is 20.1 Å². The highest BCUT2D eigenvalue weighted by atomic mass is 16.5. The predicted molar refractivity (Wildman–Crippen MR) is 147 cm³/mol. The zero-order valence-corrected chi connectivity index (χ0v) is 22.1. The number of fused-ring (bicyclic) bond motifs is 1. The second kappa shape index (κ2) is 11.7. The first-order chi connectivity index (χ1) is 18.9. The Morgan fingerprint density at radius 1 is 0.974 bits per heavy atom. The molecule has 3 aromatic rings. The highest BCUT2D eigenvalue weighted by Crippen LogP contribution is 2.36. The van der Waals surface area contributed by atoms with Crippen molar-refractivity contribution in [1.82, 2.24) is 10.2 Å². The summed E-state index contributed by atoms with van der Waals surface area (Å²) in [6, 6.07) is 20.7. The van der Waals surface area contributed by atoms with Crippen molar-refractivity contribution in [3.63, 3.8) is 0 Å². The van der Waals surface area contributed by atoms with Gasteiger partial charge in [0.15, 0.2) is 0 Å². The standard InChI is InChI=1S/C32H34N2O5/c1-21-16-17-25-19-34(27(32(37)38)18-26(25)29(21)39-20-22-10-4-2-5-11-22)31(36)28(23-12-6-3-7-13-23)33-30(35)24-14-8-9-15-24/h2-7,10-13,16-17,24,27-28H,8-9,14-15,18-20H2,1H3,(H,33,35)(H,37,38)/t27-,28+/m1/s1. The lowest BCUT2D eigenvalue weighted by Gasteiger charge is -2.37. The summed E-state index contributed by atoms with van der Waals surface area (Å²) in [4.78, 5) is 41.1. The SMILES string of the molecule is Cc1ccc2c(c1OCc1ccccc1)C[C@H](C(=O)O)N(C(=O)[C@@H](NC(=O)C1CCCC1)c1ccccc1)C2. The van der Waals surface area contributed by atoms with Crippen molar-refractivity contribution < 1.29 is 24.2 Å². The third-order valence-corrected chi connectivity index (χ3v) is 7.86. The minimum absolute atomic E-state index is 0.117. The van der Waals surface area contributed by atoms with E-state index in [0.717, 1.165) is 47.9 Å². The summed E-state index contributed by atoms with van der Waals surface area (Å²) < 4.78 is 6.22. The van der Waals surface area contributed by atoms with Gasteiger partial charge in [0.1, 0.15) is 24.4 Å². The molecule has 0 spiro atoms. The maximum absolute atomic E-state index is 14.1. The molecule has 1 heterocycles. The Labute approximate surface area is 228 Å². The summed E-state index contributed by atoms with van der Waals surface area (Å²) in [5.74, 6) is -1.10. The monoisotopic (exact) mass is 526 g/mol. The number of carboxylic acid groups (broad SMARTS) is 1. The zero-order chi connectivity index (χ0) is 27.4. The summed E-state index contributed by atoms with van der Waals surface area (Å²) in [6.45, 7) is 2.43. The van der Waals surface area contributed by atoms with Gasteiger partial charge in [-0.05, 0) is 42.0 Å². The van der Waals surface area contributed by atoms with E-state index in [2.05, 4.69) is 5.32 Å². The molecule has 1 saturated carbocycles. The molecule has 7 nitrogen and oxygen atoms in total. The van der Waals surface area contributed by atoms with Crippen molar-refractivity contribution in [3.05, 3.63) is 101 Å². The van der Waals surface area contributed by atoms with Gasteiger partial charge in [-0.25, -0.2) is 4.79 Å². The molecule has 2 aliphatic rings. The van der Waals surface area contributed by atoms with E-state index in [4.69, 9.17) is 4.74 Å². The number of benzene rings is 3. The van der Waals surface area contributed by atoms with Crippen molar-refractivity contribution in [2.75, 3.05) is 0 Å². The molecule has 0 bridgehead atoms. The van der Waals surface area contributed by atoms with Crippen LogP contribution in [0.4, 0.5) is 0 Å². The molecule has 202 valence electrons. The van der Waals surface area contributed by atoms with E-state index < -0.39 is 24.0 Å². The number of aliphatic carboxylic acids is 1. The van der Waals surface area contributed by atoms with Gasteiger partial charge in [-0.2, -0.15) is 0 Å². The van der Waals surface area contributed by atoms with Crippen molar-refractivity contribution in [1.29, 1.82) is 0 Å². The molecule has 0 unspecified atom stereocenters. The molecule has 5 rings (SSSR count). The van der Waals surface area contributed by atoms with Gasteiger partial charge in [-0.3, -0.25) is 9.59 Å². The number of nitrogens with one attached hydrogen (secondary N) is 1. The van der Waals surface area contributed by atoms with Gasteiger partial charge >= 0.3 is 5.97 Å². The Balaban J connectivity index is 1.44. The average molecular weight is 527 g/mol. The quantitative estimate of drug-likeness (QED) is 0.433. The highest BCUT2D eigenvalue weighted by Gasteiger charge is 2.40. The Hall–Kier alpha value is -4.13. The fourth-order valence-electron chi connectivity index (χ4n) is 5.68. The van der Waals surface area contributed by atoms with Crippen molar-refractivity contribution in [2.45, 2.75) is 64.3 Å². The summed E-state index contributed by atoms with van der Waals surface area (Å²) in [5, 5.41) is 13.2. The summed E-state index contributed by atoms with van der Waals surface area (Å²) in [5.41, 5.74) is 4.23. The molecule has 2 amide bonds. The van der Waals surface area contributed by atoms with Crippen LogP contribution in [-0.4, -0.2) is 33.8 Å². The first-order valence-corrected chi connectivity index (χ1v) is 13.6. The second-order valence-electron chi connectivity index (χ2n) is 10.5. The minimum atomic E-state index is -1.08. The molecule has 1 aliphatic heterocycles. The van der Waals surface area contributed by atoms with Gasteiger partial charge in [0.05, 0.1) is 0 Å². The van der Waals surface area contributed by atoms with Crippen LogP contribution in [-0.2, 0) is 34.0 Å². The summed E-state index contributed by atoms with van der Waals surface area (Å²) in [6.07, 6.45) is 3.74. The number of hydrogen-bond acceptors (Lipinski definition) is 4. The van der Waals surface area contributed by atoms with Crippen LogP contribution < -0.4 is 10.1 Å². The number of amides is 2. The van der Waals surface area contributed by atoms with E-state index in [-0.39, 0.29) is 24.8 Å². The number of ether oxygens (including phenoxy) is 1. The molecular formula is C32H34N2O5.